The molecule has 1 unspecified atom stereocenters. The Morgan fingerprint density at radius 1 is 1.03 bits per heavy atom. The van der Waals surface area contributed by atoms with Gasteiger partial charge in [-0.25, -0.2) is 4.39 Å². The van der Waals surface area contributed by atoms with Gasteiger partial charge in [0.25, 0.3) is 0 Å². The first-order valence-electron chi connectivity index (χ1n) is 10.8. The molecule has 0 fully saturated rings. The number of aryl methyl sites for hydroxylation is 1. The first-order chi connectivity index (χ1) is 16.1. The number of ether oxygens (including phenoxy) is 1. The lowest BCUT2D eigenvalue weighted by molar-refractivity contribution is -0.140. The van der Waals surface area contributed by atoms with Crippen LogP contribution in [0.4, 0.5) is 4.39 Å². The van der Waals surface area contributed by atoms with E-state index in [1.807, 2.05) is 37.3 Å². The predicted octanol–water partition coefficient (Wildman–Crippen LogP) is 2.97. The summed E-state index contributed by atoms with van der Waals surface area (Å²) in [6.07, 6.45) is -0.834. The standard InChI is InChI=1S/C25H29FN2O6/c1-15(2)24(25(33)27-19(13-23(31)32)20(29)14-26)28-22(30)12-17-11-16(3)9-10-21(17)34-18-7-5-4-6-8-18/h4-11,15,19,24H,12-14H2,1-3H3,(H,27,33)(H,28,30)(H,31,32)/t19?,24-/m0/s1. The molecule has 2 aromatic carbocycles. The molecule has 0 bridgehead atoms. The number of rotatable bonds is 12. The van der Waals surface area contributed by atoms with Gasteiger partial charge in [-0.15, -0.1) is 0 Å². The third-order valence-corrected chi connectivity index (χ3v) is 5.02. The van der Waals surface area contributed by atoms with Gasteiger partial charge in [0.2, 0.25) is 11.8 Å². The molecule has 0 heterocycles. The third kappa shape index (κ3) is 7.99. The van der Waals surface area contributed by atoms with Crippen LogP contribution in [0, 0.1) is 12.8 Å². The van der Waals surface area contributed by atoms with E-state index in [0.29, 0.717) is 17.1 Å². The lowest BCUT2D eigenvalue weighted by atomic mass is 10.0. The Hall–Kier alpha value is -3.75. The van der Waals surface area contributed by atoms with Crippen molar-refractivity contribution in [1.29, 1.82) is 0 Å². The van der Waals surface area contributed by atoms with E-state index in [1.54, 1.807) is 32.0 Å². The largest absolute Gasteiger partial charge is 0.481 e. The van der Waals surface area contributed by atoms with Crippen molar-refractivity contribution in [3.05, 3.63) is 59.7 Å². The number of benzene rings is 2. The Morgan fingerprint density at radius 3 is 2.29 bits per heavy atom. The SMILES string of the molecule is Cc1ccc(Oc2ccccc2)c(CC(=O)N[C@H](C(=O)NC(CC(=O)O)C(=O)CF)C(C)C)c1. The first-order valence-corrected chi connectivity index (χ1v) is 10.8. The number of alkyl halides is 1. The number of carboxylic acids is 1. The van der Waals surface area contributed by atoms with Gasteiger partial charge in [-0.1, -0.05) is 49.7 Å². The number of amides is 2. The predicted molar refractivity (Wildman–Crippen MR) is 123 cm³/mol. The molecule has 2 amide bonds. The zero-order chi connectivity index (χ0) is 25.3. The highest BCUT2D eigenvalue weighted by Crippen LogP contribution is 2.26. The van der Waals surface area contributed by atoms with Gasteiger partial charge in [-0.05, 0) is 31.0 Å². The zero-order valence-electron chi connectivity index (χ0n) is 19.3. The van der Waals surface area contributed by atoms with Crippen LogP contribution in [0.25, 0.3) is 0 Å². The van der Waals surface area contributed by atoms with Crippen LogP contribution >= 0.6 is 0 Å². The van der Waals surface area contributed by atoms with E-state index < -0.39 is 48.7 Å². The number of carbonyl (C=O) groups excluding carboxylic acids is 3. The fourth-order valence-corrected chi connectivity index (χ4v) is 3.27. The number of hydrogen-bond donors (Lipinski definition) is 3. The molecular weight excluding hydrogens is 443 g/mol. The maximum atomic E-state index is 12.8. The molecule has 0 saturated heterocycles. The molecule has 8 nitrogen and oxygen atoms in total. The van der Waals surface area contributed by atoms with E-state index in [9.17, 15) is 23.6 Å². The summed E-state index contributed by atoms with van der Waals surface area (Å²) in [5, 5.41) is 13.8. The van der Waals surface area contributed by atoms with Crippen LogP contribution in [0.2, 0.25) is 0 Å². The minimum absolute atomic E-state index is 0.0810. The molecule has 2 atom stereocenters. The summed E-state index contributed by atoms with van der Waals surface area (Å²) >= 11 is 0. The number of ketones is 1. The monoisotopic (exact) mass is 472 g/mol. The topological polar surface area (TPSA) is 122 Å². The highest BCUT2D eigenvalue weighted by molar-refractivity contribution is 5.95. The molecule has 0 aliphatic heterocycles. The van der Waals surface area contributed by atoms with Crippen molar-refractivity contribution in [2.24, 2.45) is 5.92 Å². The average Bonchev–Trinajstić information content (AvgIpc) is 2.78. The summed E-state index contributed by atoms with van der Waals surface area (Å²) < 4.78 is 18.7. The fourth-order valence-electron chi connectivity index (χ4n) is 3.27. The lowest BCUT2D eigenvalue weighted by Crippen LogP contribution is -2.54. The summed E-state index contributed by atoms with van der Waals surface area (Å²) in [6, 6.07) is 11.9. The number of halogens is 1. The van der Waals surface area contributed by atoms with Crippen LogP contribution in [0.15, 0.2) is 48.5 Å². The van der Waals surface area contributed by atoms with E-state index in [2.05, 4.69) is 10.6 Å². The Kier molecular flexibility index (Phi) is 9.73. The highest BCUT2D eigenvalue weighted by atomic mass is 19.1. The van der Waals surface area contributed by atoms with Crippen LogP contribution in [0.5, 0.6) is 11.5 Å². The van der Waals surface area contributed by atoms with E-state index in [4.69, 9.17) is 9.84 Å². The summed E-state index contributed by atoms with van der Waals surface area (Å²) in [5.41, 5.74) is 1.53. The highest BCUT2D eigenvalue weighted by Gasteiger charge is 2.30. The van der Waals surface area contributed by atoms with Gasteiger partial charge in [0.15, 0.2) is 5.78 Å². The number of para-hydroxylation sites is 1. The minimum atomic E-state index is -1.52. The number of carboxylic acid groups (broad SMARTS) is 1. The molecule has 9 heteroatoms. The fraction of sp³-hybridized carbons (Fsp3) is 0.360. The van der Waals surface area contributed by atoms with Crippen LogP contribution in [-0.2, 0) is 25.6 Å². The Bertz CT molecular complexity index is 1030. The maximum Gasteiger partial charge on any atom is 0.305 e. The van der Waals surface area contributed by atoms with Crippen LogP contribution in [0.3, 0.4) is 0 Å². The van der Waals surface area contributed by atoms with Gasteiger partial charge in [0, 0.05) is 5.56 Å². The molecule has 0 saturated carbocycles. The molecule has 0 aliphatic carbocycles. The van der Waals surface area contributed by atoms with Gasteiger partial charge in [-0.3, -0.25) is 19.2 Å². The Morgan fingerprint density at radius 2 is 1.71 bits per heavy atom. The lowest BCUT2D eigenvalue weighted by Gasteiger charge is -2.24. The molecular formula is C25H29FN2O6. The average molecular weight is 473 g/mol. The molecule has 34 heavy (non-hydrogen) atoms. The molecule has 3 N–H and O–H groups in total. The van der Waals surface area contributed by atoms with E-state index in [1.165, 1.54) is 0 Å². The van der Waals surface area contributed by atoms with Gasteiger partial charge in [0.1, 0.15) is 30.3 Å². The van der Waals surface area contributed by atoms with Crippen molar-refractivity contribution in [2.75, 3.05) is 6.67 Å². The van der Waals surface area contributed by atoms with Crippen molar-refractivity contribution in [3.63, 3.8) is 0 Å². The minimum Gasteiger partial charge on any atom is -0.481 e. The summed E-state index contributed by atoms with van der Waals surface area (Å²) in [7, 11) is 0. The summed E-state index contributed by atoms with van der Waals surface area (Å²) in [4.78, 5) is 48.2. The molecule has 2 rings (SSSR count). The normalized spacial score (nSPS) is 12.5. The first kappa shape index (κ1) is 26.5. The number of Topliss-reactive ketones (excluding diaryl/α,β-unsaturated/α-hetero) is 1. The van der Waals surface area contributed by atoms with Crippen molar-refractivity contribution in [2.45, 2.75) is 45.7 Å². The van der Waals surface area contributed by atoms with E-state index in [-0.39, 0.29) is 12.3 Å². The molecule has 0 aliphatic rings. The Labute approximate surface area is 197 Å². The van der Waals surface area contributed by atoms with E-state index >= 15 is 0 Å². The second-order valence-electron chi connectivity index (χ2n) is 8.25. The summed E-state index contributed by atoms with van der Waals surface area (Å²) in [5.74, 6) is -2.92. The molecule has 2 aromatic rings. The van der Waals surface area contributed by atoms with Gasteiger partial charge in [0.05, 0.1) is 12.8 Å². The number of carbonyl (C=O) groups is 4. The number of aliphatic carboxylic acids is 1. The molecule has 182 valence electrons. The Balaban J connectivity index is 2.14. The van der Waals surface area contributed by atoms with Crippen LogP contribution < -0.4 is 15.4 Å². The third-order valence-electron chi connectivity index (χ3n) is 5.02. The molecule has 0 aromatic heterocycles. The smallest absolute Gasteiger partial charge is 0.305 e. The maximum absolute atomic E-state index is 12.8. The van der Waals surface area contributed by atoms with Crippen molar-refractivity contribution >= 4 is 23.6 Å². The number of nitrogens with one attached hydrogen (secondary N) is 2. The van der Waals surface area contributed by atoms with Crippen molar-refractivity contribution < 1.29 is 33.4 Å². The summed E-state index contributed by atoms with van der Waals surface area (Å²) in [6.45, 7) is 3.84. The van der Waals surface area contributed by atoms with Crippen LogP contribution in [0.1, 0.15) is 31.4 Å². The zero-order valence-corrected chi connectivity index (χ0v) is 19.3. The van der Waals surface area contributed by atoms with Gasteiger partial charge in [-0.2, -0.15) is 0 Å². The quantitative estimate of drug-likeness (QED) is 0.437. The van der Waals surface area contributed by atoms with Gasteiger partial charge >= 0.3 is 5.97 Å². The van der Waals surface area contributed by atoms with Crippen molar-refractivity contribution in [3.8, 4) is 11.5 Å². The number of hydrogen-bond acceptors (Lipinski definition) is 5. The molecule has 0 spiro atoms. The van der Waals surface area contributed by atoms with E-state index in [0.717, 1.165) is 5.56 Å². The van der Waals surface area contributed by atoms with Gasteiger partial charge < -0.3 is 20.5 Å². The molecule has 0 radical (unpaired) electrons. The second-order valence-corrected chi connectivity index (χ2v) is 8.25. The van der Waals surface area contributed by atoms with Crippen molar-refractivity contribution in [1.82, 2.24) is 10.6 Å². The second kappa shape index (κ2) is 12.5. The van der Waals surface area contributed by atoms with Crippen LogP contribution in [-0.4, -0.2) is 47.4 Å².